The SMILES string of the molecule is CCn1nc(C)cc1C(=O)Nc1nc2cc(C(N)=O)cc(OCCCNC(=O)CN3CC(OC)C3)c2n1CCC[C@H]1COc2cc(C(N)=O)cc3nc(NC(=O)c4cc(C)nn4CC)n1c23. The summed E-state index contributed by atoms with van der Waals surface area (Å²) in [6.45, 7) is 11.0. The molecule has 0 bridgehead atoms. The van der Waals surface area contributed by atoms with E-state index in [-0.39, 0.29) is 60.8 Å². The van der Waals surface area contributed by atoms with Crippen LogP contribution < -0.4 is 36.9 Å². The Labute approximate surface area is 378 Å². The number of hydrogen-bond donors (Lipinski definition) is 5. The minimum atomic E-state index is -0.692. The highest BCUT2D eigenvalue weighted by atomic mass is 16.5. The fourth-order valence-electron chi connectivity index (χ4n) is 8.46. The van der Waals surface area contributed by atoms with Crippen molar-refractivity contribution in [1.29, 1.82) is 0 Å². The number of likely N-dealkylation sites (tertiary alicyclic amines) is 1. The number of imidazole rings is 2. The van der Waals surface area contributed by atoms with Crippen LogP contribution >= 0.6 is 0 Å². The van der Waals surface area contributed by atoms with Gasteiger partial charge in [0.25, 0.3) is 11.8 Å². The number of anilines is 2. The summed E-state index contributed by atoms with van der Waals surface area (Å²) in [6, 6.07) is 9.27. The Morgan fingerprint density at radius 1 is 0.803 bits per heavy atom. The van der Waals surface area contributed by atoms with E-state index >= 15 is 0 Å². The van der Waals surface area contributed by atoms with Crippen molar-refractivity contribution in [2.24, 2.45) is 11.5 Å². The van der Waals surface area contributed by atoms with Gasteiger partial charge >= 0.3 is 0 Å². The molecule has 7 N–H and O–H groups in total. The molecule has 0 aliphatic carbocycles. The van der Waals surface area contributed by atoms with E-state index in [1.165, 1.54) is 0 Å². The summed E-state index contributed by atoms with van der Waals surface area (Å²) >= 11 is 0. The van der Waals surface area contributed by atoms with Gasteiger partial charge in [0.2, 0.25) is 29.6 Å². The highest BCUT2D eigenvalue weighted by Crippen LogP contribution is 2.39. The molecule has 0 saturated carbocycles. The molecule has 0 spiro atoms. The lowest BCUT2D eigenvalue weighted by Gasteiger charge is -2.37. The van der Waals surface area contributed by atoms with E-state index in [1.807, 2.05) is 34.8 Å². The van der Waals surface area contributed by atoms with Crippen molar-refractivity contribution >= 4 is 63.5 Å². The van der Waals surface area contributed by atoms with Gasteiger partial charge in [0.15, 0.2) is 0 Å². The van der Waals surface area contributed by atoms with Gasteiger partial charge in [0, 0.05) is 57.5 Å². The number of rotatable bonds is 20. The van der Waals surface area contributed by atoms with Crippen LogP contribution in [0.1, 0.15) is 92.2 Å². The van der Waals surface area contributed by atoms with Gasteiger partial charge in [0.05, 0.1) is 47.7 Å². The Morgan fingerprint density at radius 2 is 1.41 bits per heavy atom. The molecular formula is C44H54N14O8. The van der Waals surface area contributed by atoms with E-state index in [2.05, 4.69) is 26.1 Å². The molecule has 2 aliphatic rings. The number of aryl methyl sites for hydroxylation is 5. The maximum absolute atomic E-state index is 13.9. The predicted octanol–water partition coefficient (Wildman–Crippen LogP) is 2.77. The smallest absolute Gasteiger partial charge is 0.276 e. The van der Waals surface area contributed by atoms with Crippen LogP contribution in [0.2, 0.25) is 0 Å². The summed E-state index contributed by atoms with van der Waals surface area (Å²) in [7, 11) is 1.66. The van der Waals surface area contributed by atoms with Crippen molar-refractivity contribution < 1.29 is 38.2 Å². The molecular weight excluding hydrogens is 853 g/mol. The van der Waals surface area contributed by atoms with Crippen molar-refractivity contribution in [2.45, 2.75) is 78.7 Å². The summed E-state index contributed by atoms with van der Waals surface area (Å²) in [5.41, 5.74) is 15.7. The molecule has 66 heavy (non-hydrogen) atoms. The fraction of sp³-hybridized carbons (Fsp3) is 0.432. The van der Waals surface area contributed by atoms with Crippen LogP contribution in [0.3, 0.4) is 0 Å². The highest BCUT2D eigenvalue weighted by molar-refractivity contribution is 6.05. The second kappa shape index (κ2) is 19.0. The third-order valence-corrected chi connectivity index (χ3v) is 11.7. The monoisotopic (exact) mass is 906 g/mol. The maximum atomic E-state index is 13.9. The van der Waals surface area contributed by atoms with Gasteiger partial charge in [-0.15, -0.1) is 0 Å². The number of carbonyl (C=O) groups excluding carboxylic acids is 5. The zero-order valence-corrected chi connectivity index (χ0v) is 37.5. The third kappa shape index (κ3) is 9.27. The first-order valence-corrected chi connectivity index (χ1v) is 21.9. The molecule has 2 aromatic carbocycles. The number of amides is 5. The Kier molecular flexibility index (Phi) is 13.0. The summed E-state index contributed by atoms with van der Waals surface area (Å²) in [4.78, 5) is 76.7. The quantitative estimate of drug-likeness (QED) is 0.0691. The lowest BCUT2D eigenvalue weighted by Crippen LogP contribution is -2.54. The molecule has 0 radical (unpaired) electrons. The van der Waals surface area contributed by atoms with Crippen LogP contribution in [0.25, 0.3) is 22.1 Å². The summed E-state index contributed by atoms with van der Waals surface area (Å²) in [5.74, 6) is -1.14. The number of primary amides is 2. The molecule has 0 unspecified atom stereocenters. The molecule has 8 rings (SSSR count). The van der Waals surface area contributed by atoms with E-state index in [1.54, 1.807) is 59.8 Å². The van der Waals surface area contributed by atoms with Gasteiger partial charge in [-0.3, -0.25) is 48.9 Å². The third-order valence-electron chi connectivity index (χ3n) is 11.7. The molecule has 348 valence electrons. The summed E-state index contributed by atoms with van der Waals surface area (Å²) < 4.78 is 24.8. The molecule has 6 heterocycles. The minimum Gasteiger partial charge on any atom is -0.491 e. The highest BCUT2D eigenvalue weighted by Gasteiger charge is 2.31. The van der Waals surface area contributed by atoms with Crippen molar-refractivity contribution in [3.8, 4) is 11.5 Å². The first-order chi connectivity index (χ1) is 31.7. The predicted molar refractivity (Wildman–Crippen MR) is 242 cm³/mol. The topological polar surface area (TPSA) is 276 Å². The summed E-state index contributed by atoms with van der Waals surface area (Å²) in [6.07, 6.45) is 1.55. The number of nitrogens with zero attached hydrogens (tertiary/aromatic N) is 9. The van der Waals surface area contributed by atoms with Crippen LogP contribution in [0.15, 0.2) is 36.4 Å². The second-order valence-electron chi connectivity index (χ2n) is 16.4. The van der Waals surface area contributed by atoms with Gasteiger partial charge in [-0.25, -0.2) is 9.97 Å². The molecule has 22 nitrogen and oxygen atoms in total. The van der Waals surface area contributed by atoms with Gasteiger partial charge in [-0.1, -0.05) is 0 Å². The number of benzene rings is 2. The van der Waals surface area contributed by atoms with Gasteiger partial charge in [0.1, 0.15) is 40.5 Å². The van der Waals surface area contributed by atoms with E-state index in [4.69, 9.17) is 35.6 Å². The van der Waals surface area contributed by atoms with E-state index in [9.17, 15) is 24.0 Å². The number of hydrogen-bond acceptors (Lipinski definition) is 13. The van der Waals surface area contributed by atoms with Crippen LogP contribution in [0.5, 0.6) is 11.5 Å². The van der Waals surface area contributed by atoms with E-state index < -0.39 is 23.6 Å². The number of aromatic nitrogens is 8. The summed E-state index contributed by atoms with van der Waals surface area (Å²) in [5, 5.41) is 17.7. The van der Waals surface area contributed by atoms with Gasteiger partial charge < -0.3 is 40.1 Å². The first kappa shape index (κ1) is 45.2. The molecule has 1 atom stereocenters. The molecule has 2 aliphatic heterocycles. The lowest BCUT2D eigenvalue weighted by atomic mass is 10.1. The number of nitrogens with one attached hydrogen (secondary N) is 3. The molecule has 5 amide bonds. The standard InChI is InChI=1S/C44H54N14O8/c1-6-56-32(14-24(3)52-56)41(62)50-43-48-30-16-26(39(45)60)18-34(65-13-9-11-47-36(59)22-54-20-29(21-54)64-5)37(30)55(43)12-8-10-28-23-66-35-19-27(40(46)61)17-31-38(35)58(28)44(49-31)51-42(63)33-15-25(4)53-57(33)7-2/h14-19,28-29H,6-13,20-23H2,1-5H3,(H2,45,60)(H2,46,61)(H,47,59)(H,48,50,62)(H,49,51,63)/t28-/m0/s1. The van der Waals surface area contributed by atoms with E-state index in [0.29, 0.717) is 115 Å². The van der Waals surface area contributed by atoms with Crippen molar-refractivity contribution in [3.63, 3.8) is 0 Å². The molecule has 6 aromatic rings. The van der Waals surface area contributed by atoms with Gasteiger partial charge in [-0.2, -0.15) is 10.2 Å². The zero-order chi connectivity index (χ0) is 46.8. The Hall–Kier alpha value is -7.33. The minimum absolute atomic E-state index is 0.104. The number of methoxy groups -OCH3 is 1. The van der Waals surface area contributed by atoms with Crippen LogP contribution in [0, 0.1) is 13.8 Å². The normalized spacial score (nSPS) is 14.8. The number of carbonyl (C=O) groups is 5. The second-order valence-corrected chi connectivity index (χ2v) is 16.4. The van der Waals surface area contributed by atoms with Gasteiger partial charge in [-0.05, 0) is 83.4 Å². The Balaban J connectivity index is 1.08. The largest absolute Gasteiger partial charge is 0.491 e. The number of nitrogens with two attached hydrogens (primary N) is 2. The first-order valence-electron chi connectivity index (χ1n) is 21.9. The van der Waals surface area contributed by atoms with Crippen LogP contribution in [0.4, 0.5) is 11.9 Å². The van der Waals surface area contributed by atoms with Crippen molar-refractivity contribution in [3.05, 3.63) is 70.3 Å². The average Bonchev–Trinajstić information content (AvgIpc) is 4.05. The molecule has 4 aromatic heterocycles. The molecule has 1 saturated heterocycles. The van der Waals surface area contributed by atoms with Crippen molar-refractivity contribution in [2.75, 3.05) is 57.1 Å². The lowest BCUT2D eigenvalue weighted by molar-refractivity contribution is -0.125. The zero-order valence-electron chi connectivity index (χ0n) is 37.5. The molecule has 1 fully saturated rings. The Bertz CT molecular complexity index is 2850. The average molecular weight is 907 g/mol. The number of fused-ring (bicyclic) bond motifs is 1. The fourth-order valence-corrected chi connectivity index (χ4v) is 8.46. The van der Waals surface area contributed by atoms with Crippen molar-refractivity contribution in [1.82, 2.24) is 48.9 Å². The Morgan fingerprint density at radius 3 is 2.03 bits per heavy atom. The molecule has 22 heteroatoms. The maximum Gasteiger partial charge on any atom is 0.276 e. The van der Waals surface area contributed by atoms with Crippen LogP contribution in [-0.2, 0) is 29.2 Å². The van der Waals surface area contributed by atoms with Crippen LogP contribution in [-0.4, -0.2) is 126 Å². The number of ether oxygens (including phenoxy) is 3. The van der Waals surface area contributed by atoms with E-state index in [0.717, 1.165) is 0 Å².